The first-order chi connectivity index (χ1) is 12.5. The van der Waals surface area contributed by atoms with Gasteiger partial charge in [-0.05, 0) is 71.9 Å². The smallest absolute Gasteiger partial charge is 0.232 e. The third-order valence-corrected chi connectivity index (χ3v) is 5.73. The number of para-hydroxylation sites is 1. The van der Waals surface area contributed by atoms with E-state index < -0.39 is 5.82 Å². The highest BCUT2D eigenvalue weighted by molar-refractivity contribution is 9.10. The van der Waals surface area contributed by atoms with Gasteiger partial charge in [0.25, 0.3) is 0 Å². The van der Waals surface area contributed by atoms with Crippen LogP contribution >= 0.6 is 27.5 Å². The minimum atomic E-state index is -0.448. The largest absolute Gasteiger partial charge is 0.383 e. The molecule has 0 radical (unpaired) electrons. The summed E-state index contributed by atoms with van der Waals surface area (Å²) in [4.78, 5) is 11.3. The third kappa shape index (κ3) is 3.12. The quantitative estimate of drug-likeness (QED) is 0.571. The molecule has 2 N–H and O–H groups in total. The first-order valence-corrected chi connectivity index (χ1v) is 9.59. The maximum atomic E-state index is 13.7. The minimum absolute atomic E-state index is 0.0745. The molecule has 4 nitrogen and oxygen atoms in total. The van der Waals surface area contributed by atoms with Crippen molar-refractivity contribution in [2.24, 2.45) is 5.92 Å². The Morgan fingerprint density at radius 1 is 1.27 bits per heavy atom. The van der Waals surface area contributed by atoms with Crippen molar-refractivity contribution in [2.75, 3.05) is 10.6 Å². The van der Waals surface area contributed by atoms with E-state index in [2.05, 4.69) is 27.8 Å². The number of halogens is 3. The number of nitrogen functional groups attached to an aromatic ring is 1. The van der Waals surface area contributed by atoms with Gasteiger partial charge in [0.2, 0.25) is 5.95 Å². The van der Waals surface area contributed by atoms with Crippen molar-refractivity contribution < 1.29 is 4.39 Å². The lowest BCUT2D eigenvalue weighted by Crippen LogP contribution is -2.32. The molecule has 0 amide bonds. The highest BCUT2D eigenvalue weighted by atomic mass is 79.9. The van der Waals surface area contributed by atoms with E-state index in [0.717, 1.165) is 33.9 Å². The van der Waals surface area contributed by atoms with Crippen LogP contribution in [0.2, 0.25) is 5.02 Å². The van der Waals surface area contributed by atoms with E-state index in [1.807, 2.05) is 23.1 Å². The van der Waals surface area contributed by atoms with Gasteiger partial charge in [-0.25, -0.2) is 9.37 Å². The fourth-order valence-corrected chi connectivity index (χ4v) is 3.82. The lowest BCUT2D eigenvalue weighted by atomic mass is 10.1. The first kappa shape index (κ1) is 17.5. The molecule has 134 valence electrons. The summed E-state index contributed by atoms with van der Waals surface area (Å²) in [6, 6.07) is 10.5. The summed E-state index contributed by atoms with van der Waals surface area (Å²) in [5, 5.41) is 0.865. The fourth-order valence-electron chi connectivity index (χ4n) is 3.19. The zero-order valence-electron chi connectivity index (χ0n) is 14.1. The van der Waals surface area contributed by atoms with Crippen molar-refractivity contribution in [1.29, 1.82) is 0 Å². The Hall–Kier alpha value is -1.92. The van der Waals surface area contributed by atoms with Crippen LogP contribution in [-0.4, -0.2) is 16.0 Å². The average Bonchev–Trinajstić information content (AvgIpc) is 3.44. The monoisotopic (exact) mass is 434 g/mol. The lowest BCUT2D eigenvalue weighted by molar-refractivity contribution is 0.614. The lowest BCUT2D eigenvalue weighted by Gasteiger charge is -2.30. The van der Waals surface area contributed by atoms with E-state index in [-0.39, 0.29) is 11.1 Å². The molecule has 1 atom stereocenters. The van der Waals surface area contributed by atoms with Gasteiger partial charge >= 0.3 is 0 Å². The molecule has 3 aromatic rings. The molecule has 1 aliphatic rings. The summed E-state index contributed by atoms with van der Waals surface area (Å²) >= 11 is 9.56. The number of hydrogen-bond donors (Lipinski definition) is 1. The van der Waals surface area contributed by atoms with E-state index in [9.17, 15) is 4.39 Å². The Morgan fingerprint density at radius 3 is 2.73 bits per heavy atom. The van der Waals surface area contributed by atoms with Crippen molar-refractivity contribution in [2.45, 2.75) is 25.8 Å². The molecule has 7 heteroatoms. The molecule has 26 heavy (non-hydrogen) atoms. The number of anilines is 3. The molecule has 0 saturated heterocycles. The average molecular weight is 436 g/mol. The molecule has 1 saturated carbocycles. The standard InChI is InChI=1S/C19H17BrClFN4/c1-10(11-5-6-11)26(12-7-8-16(22)15(21)9-12)19-24-17-13(18(23)25-19)3-2-4-14(17)20/h2-4,7-11H,5-6H2,1H3,(H2,23,24,25)/t10-/m1/s1. The van der Waals surface area contributed by atoms with E-state index in [4.69, 9.17) is 22.3 Å². The molecular weight excluding hydrogens is 419 g/mol. The molecule has 0 unspecified atom stereocenters. The Labute approximate surface area is 164 Å². The van der Waals surface area contributed by atoms with Gasteiger partial charge in [-0.1, -0.05) is 17.7 Å². The highest BCUT2D eigenvalue weighted by Gasteiger charge is 2.34. The van der Waals surface area contributed by atoms with Crippen molar-refractivity contribution >= 4 is 55.9 Å². The van der Waals surface area contributed by atoms with Crippen LogP contribution in [0.4, 0.5) is 21.8 Å². The molecule has 0 aliphatic heterocycles. The van der Waals surface area contributed by atoms with Gasteiger partial charge in [-0.3, -0.25) is 0 Å². The topological polar surface area (TPSA) is 55.0 Å². The van der Waals surface area contributed by atoms with Gasteiger partial charge in [0, 0.05) is 21.6 Å². The van der Waals surface area contributed by atoms with Crippen LogP contribution in [0.25, 0.3) is 10.9 Å². The SMILES string of the molecule is C[C@H](C1CC1)N(c1ccc(F)c(Cl)c1)c1nc(N)c2cccc(Br)c2n1. The van der Waals surface area contributed by atoms with E-state index >= 15 is 0 Å². The van der Waals surface area contributed by atoms with Crippen LogP contribution < -0.4 is 10.6 Å². The molecular formula is C19H17BrClFN4. The molecule has 1 aromatic heterocycles. The zero-order chi connectivity index (χ0) is 18.4. The first-order valence-electron chi connectivity index (χ1n) is 8.41. The van der Waals surface area contributed by atoms with Crippen LogP contribution in [0.1, 0.15) is 19.8 Å². The maximum Gasteiger partial charge on any atom is 0.232 e. The molecule has 1 fully saturated rings. The van der Waals surface area contributed by atoms with Gasteiger partial charge in [0.15, 0.2) is 0 Å². The Kier molecular flexibility index (Phi) is 4.49. The predicted octanol–water partition coefficient (Wildman–Crippen LogP) is 5.70. The van der Waals surface area contributed by atoms with E-state index in [1.165, 1.54) is 6.07 Å². The van der Waals surface area contributed by atoms with Gasteiger partial charge in [0.1, 0.15) is 11.6 Å². The number of benzene rings is 2. The normalized spacial score (nSPS) is 15.2. The van der Waals surface area contributed by atoms with Gasteiger partial charge in [-0.2, -0.15) is 4.98 Å². The van der Waals surface area contributed by atoms with Crippen LogP contribution in [0, 0.1) is 11.7 Å². The number of nitrogens with two attached hydrogens (primary N) is 1. The second-order valence-corrected chi connectivity index (χ2v) is 7.85. The second-order valence-electron chi connectivity index (χ2n) is 6.59. The summed E-state index contributed by atoms with van der Waals surface area (Å²) in [6.45, 7) is 2.12. The molecule has 0 bridgehead atoms. The summed E-state index contributed by atoms with van der Waals surface area (Å²) in [6.07, 6.45) is 2.30. The van der Waals surface area contributed by atoms with Gasteiger partial charge in [0.05, 0.1) is 10.5 Å². The summed E-state index contributed by atoms with van der Waals surface area (Å²) in [5.41, 5.74) is 7.70. The number of fused-ring (bicyclic) bond motifs is 1. The third-order valence-electron chi connectivity index (χ3n) is 4.80. The second kappa shape index (κ2) is 6.67. The van der Waals surface area contributed by atoms with Crippen LogP contribution in [0.5, 0.6) is 0 Å². The molecule has 1 aliphatic carbocycles. The predicted molar refractivity (Wildman–Crippen MR) is 107 cm³/mol. The van der Waals surface area contributed by atoms with Crippen molar-refractivity contribution in [3.63, 3.8) is 0 Å². The summed E-state index contributed by atoms with van der Waals surface area (Å²) in [5.74, 6) is 0.992. The van der Waals surface area contributed by atoms with Crippen LogP contribution in [0.3, 0.4) is 0 Å². The van der Waals surface area contributed by atoms with E-state index in [0.29, 0.717) is 17.7 Å². The van der Waals surface area contributed by atoms with Crippen LogP contribution in [-0.2, 0) is 0 Å². The number of aromatic nitrogens is 2. The Bertz CT molecular complexity index is 993. The summed E-state index contributed by atoms with van der Waals surface area (Å²) in [7, 11) is 0. The maximum absolute atomic E-state index is 13.7. The molecule has 4 rings (SSSR count). The minimum Gasteiger partial charge on any atom is -0.383 e. The summed E-state index contributed by atoms with van der Waals surface area (Å²) < 4.78 is 14.5. The van der Waals surface area contributed by atoms with Crippen molar-refractivity contribution in [1.82, 2.24) is 9.97 Å². The molecule has 1 heterocycles. The molecule has 2 aromatic carbocycles. The Morgan fingerprint density at radius 2 is 2.04 bits per heavy atom. The highest BCUT2D eigenvalue weighted by Crippen LogP contribution is 2.41. The van der Waals surface area contributed by atoms with Crippen LogP contribution in [0.15, 0.2) is 40.9 Å². The zero-order valence-corrected chi connectivity index (χ0v) is 16.4. The fraction of sp³-hybridized carbons (Fsp3) is 0.263. The molecule has 0 spiro atoms. The number of nitrogens with zero attached hydrogens (tertiary/aromatic N) is 3. The van der Waals surface area contributed by atoms with Crippen molar-refractivity contribution in [3.8, 4) is 0 Å². The van der Waals surface area contributed by atoms with E-state index in [1.54, 1.807) is 12.1 Å². The Balaban J connectivity index is 1.90. The van der Waals surface area contributed by atoms with Gasteiger partial charge < -0.3 is 10.6 Å². The van der Waals surface area contributed by atoms with Crippen molar-refractivity contribution in [3.05, 3.63) is 51.7 Å². The van der Waals surface area contributed by atoms with Gasteiger partial charge in [-0.15, -0.1) is 0 Å². The number of rotatable bonds is 4. The number of hydrogen-bond acceptors (Lipinski definition) is 4.